The molecule has 2 rings (SSSR count). The third-order valence-electron chi connectivity index (χ3n) is 4.53. The van der Waals surface area contributed by atoms with Gasteiger partial charge in [0, 0.05) is 6.07 Å². The van der Waals surface area contributed by atoms with Crippen LogP contribution in [0.15, 0.2) is 18.2 Å². The summed E-state index contributed by atoms with van der Waals surface area (Å²) >= 11 is 0. The molecule has 1 saturated heterocycles. The number of amides is 4. The van der Waals surface area contributed by atoms with Crippen LogP contribution in [0.3, 0.4) is 0 Å². The number of hydrogen-bond acceptors (Lipinski definition) is 5. The molecule has 4 amide bonds. The first-order chi connectivity index (χ1) is 13.6. The Hall–Kier alpha value is -3.04. The summed E-state index contributed by atoms with van der Waals surface area (Å²) in [4.78, 5) is 49.4. The fraction of sp³-hybridized carbons (Fsp3) is 0.474. The van der Waals surface area contributed by atoms with Crippen molar-refractivity contribution in [2.45, 2.75) is 51.7 Å². The number of nitrogens with zero attached hydrogens (tertiary/aromatic N) is 1. The standard InChI is InChI=1S/C19H23F2N3O5/c1-4-5-8-19(3)17(27)24(18(28)23-19)10-15(25)29-11(2)16(26)22-14-9-12(20)6-7-13(14)21/h6-7,9,11H,4-5,8,10H2,1-3H3,(H,22,26)(H,23,28)/t11-,19-/m0/s1. The fourth-order valence-electron chi connectivity index (χ4n) is 2.84. The van der Waals surface area contributed by atoms with Crippen LogP contribution in [-0.2, 0) is 19.1 Å². The Balaban J connectivity index is 1.94. The van der Waals surface area contributed by atoms with Crippen molar-refractivity contribution in [2.24, 2.45) is 0 Å². The van der Waals surface area contributed by atoms with Gasteiger partial charge in [0.1, 0.15) is 23.7 Å². The summed E-state index contributed by atoms with van der Waals surface area (Å²) in [5.74, 6) is -4.05. The molecule has 2 atom stereocenters. The lowest BCUT2D eigenvalue weighted by Crippen LogP contribution is -2.44. The van der Waals surface area contributed by atoms with Crippen LogP contribution in [0, 0.1) is 11.6 Å². The summed E-state index contributed by atoms with van der Waals surface area (Å²) in [6.45, 7) is 4.08. The van der Waals surface area contributed by atoms with Gasteiger partial charge in [0.05, 0.1) is 5.69 Å². The molecule has 1 heterocycles. The molecule has 0 radical (unpaired) electrons. The summed E-state index contributed by atoms with van der Waals surface area (Å²) < 4.78 is 31.7. The highest BCUT2D eigenvalue weighted by molar-refractivity contribution is 6.08. The average molecular weight is 411 g/mol. The zero-order chi connectivity index (χ0) is 21.8. The van der Waals surface area contributed by atoms with E-state index in [0.29, 0.717) is 12.8 Å². The van der Waals surface area contributed by atoms with Gasteiger partial charge in [0.15, 0.2) is 6.10 Å². The summed E-state index contributed by atoms with van der Waals surface area (Å²) in [7, 11) is 0. The first-order valence-corrected chi connectivity index (χ1v) is 9.17. The number of carbonyl (C=O) groups excluding carboxylic acids is 4. The molecule has 0 spiro atoms. The van der Waals surface area contributed by atoms with Gasteiger partial charge in [-0.1, -0.05) is 19.8 Å². The predicted octanol–water partition coefficient (Wildman–Crippen LogP) is 2.34. The zero-order valence-electron chi connectivity index (χ0n) is 16.4. The van der Waals surface area contributed by atoms with Gasteiger partial charge in [-0.05, 0) is 32.4 Å². The van der Waals surface area contributed by atoms with Crippen LogP contribution >= 0.6 is 0 Å². The van der Waals surface area contributed by atoms with E-state index in [1.807, 2.05) is 6.92 Å². The third kappa shape index (κ3) is 5.27. The number of unbranched alkanes of at least 4 members (excludes halogenated alkanes) is 1. The molecule has 158 valence electrons. The van der Waals surface area contributed by atoms with Gasteiger partial charge in [-0.3, -0.25) is 19.3 Å². The molecular weight excluding hydrogens is 388 g/mol. The summed E-state index contributed by atoms with van der Waals surface area (Å²) in [5.41, 5.74) is -1.50. The lowest BCUT2D eigenvalue weighted by Gasteiger charge is -2.21. The van der Waals surface area contributed by atoms with Crippen LogP contribution in [0.1, 0.15) is 40.0 Å². The summed E-state index contributed by atoms with van der Waals surface area (Å²) in [6.07, 6.45) is 0.614. The molecule has 1 aromatic carbocycles. The number of carbonyl (C=O) groups is 4. The second-order valence-electron chi connectivity index (χ2n) is 7.00. The van der Waals surface area contributed by atoms with Crippen molar-refractivity contribution in [1.29, 1.82) is 0 Å². The smallest absolute Gasteiger partial charge is 0.327 e. The summed E-state index contributed by atoms with van der Waals surface area (Å²) in [6, 6.07) is 1.80. The zero-order valence-corrected chi connectivity index (χ0v) is 16.4. The van der Waals surface area contributed by atoms with Gasteiger partial charge in [0.25, 0.3) is 11.8 Å². The Morgan fingerprint density at radius 3 is 2.66 bits per heavy atom. The molecule has 1 aromatic rings. The number of anilines is 1. The number of urea groups is 1. The number of nitrogens with one attached hydrogen (secondary N) is 2. The highest BCUT2D eigenvalue weighted by Crippen LogP contribution is 2.23. The van der Waals surface area contributed by atoms with Gasteiger partial charge >= 0.3 is 12.0 Å². The van der Waals surface area contributed by atoms with E-state index < -0.39 is 59.3 Å². The van der Waals surface area contributed by atoms with Crippen molar-refractivity contribution in [3.63, 3.8) is 0 Å². The second-order valence-corrected chi connectivity index (χ2v) is 7.00. The van der Waals surface area contributed by atoms with Crippen molar-refractivity contribution in [3.05, 3.63) is 29.8 Å². The highest BCUT2D eigenvalue weighted by atomic mass is 19.1. The van der Waals surface area contributed by atoms with E-state index in [1.54, 1.807) is 6.92 Å². The van der Waals surface area contributed by atoms with Crippen molar-refractivity contribution in [2.75, 3.05) is 11.9 Å². The number of halogens is 2. The number of rotatable bonds is 8. The Labute approximate surface area is 166 Å². The van der Waals surface area contributed by atoms with Gasteiger partial charge in [-0.15, -0.1) is 0 Å². The fourth-order valence-corrected chi connectivity index (χ4v) is 2.84. The average Bonchev–Trinajstić information content (AvgIpc) is 2.86. The maximum atomic E-state index is 13.6. The Bertz CT molecular complexity index is 832. The number of imide groups is 1. The van der Waals surface area contributed by atoms with Gasteiger partial charge in [0.2, 0.25) is 0 Å². The van der Waals surface area contributed by atoms with Gasteiger partial charge in [-0.25, -0.2) is 13.6 Å². The lowest BCUT2D eigenvalue weighted by molar-refractivity contribution is -0.155. The lowest BCUT2D eigenvalue weighted by atomic mass is 9.95. The molecule has 2 N–H and O–H groups in total. The van der Waals surface area contributed by atoms with Crippen molar-refractivity contribution >= 4 is 29.5 Å². The van der Waals surface area contributed by atoms with E-state index in [-0.39, 0.29) is 0 Å². The van der Waals surface area contributed by atoms with Crippen LogP contribution in [-0.4, -0.2) is 46.9 Å². The van der Waals surface area contributed by atoms with E-state index in [2.05, 4.69) is 10.6 Å². The molecule has 29 heavy (non-hydrogen) atoms. The Kier molecular flexibility index (Phi) is 6.89. The Morgan fingerprint density at radius 2 is 2.00 bits per heavy atom. The van der Waals surface area contributed by atoms with E-state index in [9.17, 15) is 28.0 Å². The van der Waals surface area contributed by atoms with Crippen LogP contribution in [0.2, 0.25) is 0 Å². The summed E-state index contributed by atoms with van der Waals surface area (Å²) in [5, 5.41) is 4.68. The molecule has 10 heteroatoms. The number of ether oxygens (including phenoxy) is 1. The molecule has 1 fully saturated rings. The van der Waals surface area contributed by atoms with Crippen LogP contribution in [0.4, 0.5) is 19.3 Å². The number of benzene rings is 1. The molecule has 1 aliphatic heterocycles. The minimum absolute atomic E-state index is 0.404. The largest absolute Gasteiger partial charge is 0.451 e. The van der Waals surface area contributed by atoms with Crippen LogP contribution in [0.25, 0.3) is 0 Å². The van der Waals surface area contributed by atoms with E-state index >= 15 is 0 Å². The number of esters is 1. The van der Waals surface area contributed by atoms with Crippen molar-refractivity contribution < 1.29 is 32.7 Å². The second kappa shape index (κ2) is 8.97. The van der Waals surface area contributed by atoms with Crippen molar-refractivity contribution in [3.8, 4) is 0 Å². The monoisotopic (exact) mass is 411 g/mol. The predicted molar refractivity (Wildman–Crippen MR) is 98.7 cm³/mol. The molecule has 8 nitrogen and oxygen atoms in total. The molecule has 0 saturated carbocycles. The van der Waals surface area contributed by atoms with E-state index in [0.717, 1.165) is 29.5 Å². The van der Waals surface area contributed by atoms with Gasteiger partial charge in [-0.2, -0.15) is 0 Å². The maximum Gasteiger partial charge on any atom is 0.327 e. The normalized spacial score (nSPS) is 19.7. The van der Waals surface area contributed by atoms with E-state index in [1.165, 1.54) is 6.92 Å². The minimum atomic E-state index is -1.36. The SMILES string of the molecule is CCCC[C@]1(C)NC(=O)N(CC(=O)O[C@@H](C)C(=O)Nc2cc(F)ccc2F)C1=O. The third-order valence-corrected chi connectivity index (χ3v) is 4.53. The first kappa shape index (κ1) is 22.3. The van der Waals surface area contributed by atoms with Crippen molar-refractivity contribution in [1.82, 2.24) is 10.2 Å². The molecule has 0 unspecified atom stereocenters. The molecule has 0 aliphatic carbocycles. The maximum absolute atomic E-state index is 13.6. The quantitative estimate of drug-likeness (QED) is 0.505. The molecule has 0 bridgehead atoms. The Morgan fingerprint density at radius 1 is 1.31 bits per heavy atom. The molecule has 1 aliphatic rings. The molecule has 0 aromatic heterocycles. The van der Waals surface area contributed by atoms with Crippen LogP contribution in [0.5, 0.6) is 0 Å². The van der Waals surface area contributed by atoms with Gasteiger partial charge < -0.3 is 15.4 Å². The van der Waals surface area contributed by atoms with Crippen LogP contribution < -0.4 is 10.6 Å². The highest BCUT2D eigenvalue weighted by Gasteiger charge is 2.48. The number of hydrogen-bond donors (Lipinski definition) is 2. The first-order valence-electron chi connectivity index (χ1n) is 9.17. The minimum Gasteiger partial charge on any atom is -0.451 e. The van der Waals surface area contributed by atoms with E-state index in [4.69, 9.17) is 4.74 Å². The topological polar surface area (TPSA) is 105 Å². The molecular formula is C19H23F2N3O5.